The number of sulfone groups is 1. The zero-order chi connectivity index (χ0) is 22.9. The van der Waals surface area contributed by atoms with E-state index in [-0.39, 0.29) is 16.3 Å². The van der Waals surface area contributed by atoms with E-state index in [2.05, 4.69) is 4.72 Å². The van der Waals surface area contributed by atoms with Gasteiger partial charge in [0.15, 0.2) is 5.75 Å². The van der Waals surface area contributed by atoms with Crippen LogP contribution in [-0.2, 0) is 19.9 Å². The molecule has 3 aromatic carbocycles. The number of anilines is 1. The van der Waals surface area contributed by atoms with Gasteiger partial charge in [0, 0.05) is 12.1 Å². The number of hydrogen-bond donors (Lipinski definition) is 1. The smallest absolute Gasteiger partial charge is 0.455 e. The van der Waals surface area contributed by atoms with Crippen molar-refractivity contribution in [3.05, 3.63) is 78.6 Å². The first kappa shape index (κ1) is 22.6. The quantitative estimate of drug-likeness (QED) is 0.522. The molecule has 0 aliphatic heterocycles. The van der Waals surface area contributed by atoms with Crippen molar-refractivity contribution in [1.82, 2.24) is 0 Å². The Morgan fingerprint density at radius 3 is 2.06 bits per heavy atom. The van der Waals surface area contributed by atoms with Crippen molar-refractivity contribution in [2.45, 2.75) is 15.3 Å². The second-order valence-electron chi connectivity index (χ2n) is 6.09. The second kappa shape index (κ2) is 8.19. The van der Waals surface area contributed by atoms with Crippen molar-refractivity contribution in [2.24, 2.45) is 0 Å². The number of benzene rings is 3. The van der Waals surface area contributed by atoms with Crippen LogP contribution in [0.4, 0.5) is 23.2 Å². The summed E-state index contributed by atoms with van der Waals surface area (Å²) in [5.41, 5.74) is -5.94. The van der Waals surface area contributed by atoms with Gasteiger partial charge in [-0.1, -0.05) is 24.3 Å². The Hall–Kier alpha value is -3.12. The Kier molecular flexibility index (Phi) is 5.96. The lowest BCUT2D eigenvalue weighted by Gasteiger charge is -2.16. The third-order valence-corrected chi connectivity index (χ3v) is 6.76. The van der Waals surface area contributed by atoms with E-state index in [0.717, 1.165) is 18.2 Å². The molecule has 0 saturated heterocycles. The summed E-state index contributed by atoms with van der Waals surface area (Å²) in [7, 11) is -9.93. The highest BCUT2D eigenvalue weighted by Crippen LogP contribution is 2.37. The summed E-state index contributed by atoms with van der Waals surface area (Å²) in [5.74, 6) is -1.50. The normalized spacial score (nSPS) is 12.4. The predicted octanol–water partition coefficient (Wildman–Crippen LogP) is 4.71. The number of ether oxygens (including phenoxy) is 1. The minimum absolute atomic E-state index is 0.154. The minimum Gasteiger partial charge on any atom is -0.455 e. The maximum absolute atomic E-state index is 13.5. The molecule has 0 aliphatic rings. The number of nitrogens with one attached hydrogen (secondary N) is 1. The lowest BCUT2D eigenvalue weighted by atomic mass is 10.3. The van der Waals surface area contributed by atoms with Gasteiger partial charge in [-0.05, 0) is 36.4 Å². The van der Waals surface area contributed by atoms with Crippen molar-refractivity contribution in [3.63, 3.8) is 0 Å². The molecule has 0 amide bonds. The van der Waals surface area contributed by atoms with Crippen molar-refractivity contribution >= 4 is 25.5 Å². The van der Waals surface area contributed by atoms with Crippen LogP contribution in [-0.4, -0.2) is 22.3 Å². The molecule has 31 heavy (non-hydrogen) atoms. The lowest BCUT2D eigenvalue weighted by molar-refractivity contribution is -0.0436. The van der Waals surface area contributed by atoms with Crippen LogP contribution in [0.1, 0.15) is 0 Å². The topological polar surface area (TPSA) is 89.5 Å². The van der Waals surface area contributed by atoms with E-state index in [0.29, 0.717) is 12.1 Å². The average Bonchev–Trinajstić information content (AvgIpc) is 2.69. The van der Waals surface area contributed by atoms with E-state index >= 15 is 0 Å². The van der Waals surface area contributed by atoms with Crippen molar-refractivity contribution in [1.29, 1.82) is 0 Å². The van der Waals surface area contributed by atoms with Gasteiger partial charge < -0.3 is 4.74 Å². The van der Waals surface area contributed by atoms with Crippen LogP contribution in [0.25, 0.3) is 0 Å². The summed E-state index contributed by atoms with van der Waals surface area (Å²) in [6.07, 6.45) is 0. The molecular weight excluding hydrogens is 462 g/mol. The minimum atomic E-state index is -5.74. The summed E-state index contributed by atoms with van der Waals surface area (Å²) in [6, 6.07) is 13.4. The Morgan fingerprint density at radius 2 is 1.45 bits per heavy atom. The fourth-order valence-corrected chi connectivity index (χ4v) is 4.30. The summed E-state index contributed by atoms with van der Waals surface area (Å²) in [5, 5.41) is 0. The van der Waals surface area contributed by atoms with Gasteiger partial charge in [-0.15, -0.1) is 0 Å². The molecule has 0 saturated carbocycles. The molecule has 0 atom stereocenters. The first-order valence-electron chi connectivity index (χ1n) is 8.37. The maximum atomic E-state index is 13.5. The Labute approximate surface area is 175 Å². The molecule has 164 valence electrons. The lowest BCUT2D eigenvalue weighted by Crippen LogP contribution is -2.23. The largest absolute Gasteiger partial charge is 0.501 e. The highest BCUT2D eigenvalue weighted by atomic mass is 32.2. The number of alkyl halides is 3. The van der Waals surface area contributed by atoms with Gasteiger partial charge in [-0.25, -0.2) is 21.2 Å². The molecule has 1 N–H and O–H groups in total. The standard InChI is InChI=1S/C19H13F4NO5S2/c20-13-5-4-6-14(11-13)29-18-12-16(30(25,26)19(21,22)23)9-10-17(18)24-31(27,28)15-7-2-1-3-8-15/h1-12,24H. The summed E-state index contributed by atoms with van der Waals surface area (Å²) >= 11 is 0. The highest BCUT2D eigenvalue weighted by molar-refractivity contribution is 7.93. The Balaban J connectivity index is 2.10. The molecular formula is C19H13F4NO5S2. The van der Waals surface area contributed by atoms with Crippen LogP contribution in [0, 0.1) is 5.82 Å². The van der Waals surface area contributed by atoms with Gasteiger partial charge in [0.2, 0.25) is 0 Å². The summed E-state index contributed by atoms with van der Waals surface area (Å²) in [6.45, 7) is 0. The molecule has 0 bridgehead atoms. The molecule has 0 aliphatic carbocycles. The highest BCUT2D eigenvalue weighted by Gasteiger charge is 2.47. The molecule has 3 aromatic rings. The molecule has 0 fully saturated rings. The van der Waals surface area contributed by atoms with E-state index < -0.39 is 41.8 Å². The first-order chi connectivity index (χ1) is 14.4. The van der Waals surface area contributed by atoms with Crippen LogP contribution < -0.4 is 9.46 Å². The second-order valence-corrected chi connectivity index (χ2v) is 9.71. The first-order valence-corrected chi connectivity index (χ1v) is 11.3. The summed E-state index contributed by atoms with van der Waals surface area (Å²) in [4.78, 5) is -1.33. The molecule has 0 spiro atoms. The van der Waals surface area contributed by atoms with E-state index in [1.807, 2.05) is 0 Å². The van der Waals surface area contributed by atoms with Crippen LogP contribution >= 0.6 is 0 Å². The SMILES string of the molecule is O=S(=O)(Nc1ccc(S(=O)(=O)C(F)(F)F)cc1Oc1cccc(F)c1)c1ccccc1. The van der Waals surface area contributed by atoms with Gasteiger partial charge >= 0.3 is 5.51 Å². The predicted molar refractivity (Wildman–Crippen MR) is 103 cm³/mol. The van der Waals surface area contributed by atoms with E-state index in [4.69, 9.17) is 4.74 Å². The monoisotopic (exact) mass is 475 g/mol. The van der Waals surface area contributed by atoms with Crippen LogP contribution in [0.15, 0.2) is 82.6 Å². The maximum Gasteiger partial charge on any atom is 0.501 e. The zero-order valence-corrected chi connectivity index (χ0v) is 16.9. The van der Waals surface area contributed by atoms with Gasteiger partial charge in [-0.3, -0.25) is 4.72 Å². The number of hydrogen-bond acceptors (Lipinski definition) is 5. The van der Waals surface area contributed by atoms with Crippen LogP contribution in [0.3, 0.4) is 0 Å². The fourth-order valence-electron chi connectivity index (χ4n) is 2.43. The Morgan fingerprint density at radius 1 is 0.774 bits per heavy atom. The van der Waals surface area contributed by atoms with Crippen LogP contribution in [0.2, 0.25) is 0 Å². The molecule has 3 rings (SSSR count). The van der Waals surface area contributed by atoms with Crippen LogP contribution in [0.5, 0.6) is 11.5 Å². The van der Waals surface area contributed by atoms with Gasteiger partial charge in [0.1, 0.15) is 11.6 Å². The third-order valence-electron chi connectivity index (χ3n) is 3.89. The molecule has 0 unspecified atom stereocenters. The van der Waals surface area contributed by atoms with E-state index in [9.17, 15) is 34.4 Å². The van der Waals surface area contributed by atoms with Crippen molar-refractivity contribution < 1.29 is 39.1 Å². The fraction of sp³-hybridized carbons (Fsp3) is 0.0526. The van der Waals surface area contributed by atoms with Gasteiger partial charge in [0.25, 0.3) is 19.9 Å². The average molecular weight is 475 g/mol. The number of rotatable bonds is 6. The van der Waals surface area contributed by atoms with Gasteiger partial charge in [0.05, 0.1) is 15.5 Å². The zero-order valence-electron chi connectivity index (χ0n) is 15.3. The molecule has 0 heterocycles. The molecule has 12 heteroatoms. The number of halogens is 4. The number of sulfonamides is 1. The van der Waals surface area contributed by atoms with E-state index in [1.165, 1.54) is 36.4 Å². The molecule has 0 aromatic heterocycles. The molecule has 0 radical (unpaired) electrons. The van der Waals surface area contributed by atoms with E-state index in [1.54, 1.807) is 6.07 Å². The third kappa shape index (κ3) is 4.97. The van der Waals surface area contributed by atoms with Crippen molar-refractivity contribution in [3.8, 4) is 11.5 Å². The summed E-state index contributed by atoms with van der Waals surface area (Å²) < 4.78 is 108. The Bertz CT molecular complexity index is 1310. The molecule has 6 nitrogen and oxygen atoms in total. The van der Waals surface area contributed by atoms with Crippen molar-refractivity contribution in [2.75, 3.05) is 4.72 Å². The van der Waals surface area contributed by atoms with Gasteiger partial charge in [-0.2, -0.15) is 13.2 Å².